The van der Waals surface area contributed by atoms with Crippen LogP contribution in [-0.4, -0.2) is 29.6 Å². The van der Waals surface area contributed by atoms with Crippen molar-refractivity contribution in [3.8, 4) is 5.75 Å². The van der Waals surface area contributed by atoms with Crippen LogP contribution in [0.15, 0.2) is 24.3 Å². The van der Waals surface area contributed by atoms with Crippen molar-refractivity contribution in [3.63, 3.8) is 0 Å². The molecule has 0 aliphatic rings. The summed E-state index contributed by atoms with van der Waals surface area (Å²) in [5.74, 6) is 0.345. The number of likely N-dealkylation sites (N-methyl/N-ethyl adjacent to an activating group) is 1. The number of phenolic OH excluding ortho intramolecular Hbond substituents is 1. The van der Waals surface area contributed by atoms with Gasteiger partial charge in [-0.2, -0.15) is 0 Å². The SMILES string of the molecule is CCCCCN(C)C(C)Cc1ccc(O)cc1. The number of rotatable bonds is 7. The number of benzene rings is 1. The topological polar surface area (TPSA) is 23.5 Å². The molecule has 1 unspecified atom stereocenters. The summed E-state index contributed by atoms with van der Waals surface area (Å²) >= 11 is 0. The quantitative estimate of drug-likeness (QED) is 0.732. The zero-order valence-corrected chi connectivity index (χ0v) is 11.3. The molecule has 0 saturated carbocycles. The summed E-state index contributed by atoms with van der Waals surface area (Å²) in [7, 11) is 2.20. The van der Waals surface area contributed by atoms with E-state index in [1.165, 1.54) is 31.4 Å². The molecule has 17 heavy (non-hydrogen) atoms. The van der Waals surface area contributed by atoms with E-state index in [0.717, 1.165) is 6.42 Å². The molecule has 0 saturated heterocycles. The lowest BCUT2D eigenvalue weighted by molar-refractivity contribution is 0.251. The van der Waals surface area contributed by atoms with Crippen LogP contribution in [0.2, 0.25) is 0 Å². The fourth-order valence-corrected chi connectivity index (χ4v) is 1.96. The Morgan fingerprint density at radius 1 is 1.18 bits per heavy atom. The molecule has 0 aromatic heterocycles. The van der Waals surface area contributed by atoms with Crippen LogP contribution in [0.5, 0.6) is 5.75 Å². The molecule has 0 amide bonds. The molecule has 1 N–H and O–H groups in total. The first-order valence-corrected chi connectivity index (χ1v) is 6.61. The summed E-state index contributed by atoms with van der Waals surface area (Å²) in [5.41, 5.74) is 1.29. The van der Waals surface area contributed by atoms with Gasteiger partial charge < -0.3 is 10.0 Å². The number of hydrogen-bond acceptors (Lipinski definition) is 2. The van der Waals surface area contributed by atoms with Crippen LogP contribution in [-0.2, 0) is 6.42 Å². The Labute approximate surface area is 105 Å². The second kappa shape index (κ2) is 7.33. The number of unbranched alkanes of at least 4 members (excludes halogenated alkanes) is 2. The first-order chi connectivity index (χ1) is 8.13. The standard InChI is InChI=1S/C15H25NO/c1-4-5-6-11-16(3)13(2)12-14-7-9-15(17)10-8-14/h7-10,13,17H,4-6,11-12H2,1-3H3. The fraction of sp³-hybridized carbons (Fsp3) is 0.600. The summed E-state index contributed by atoms with van der Waals surface area (Å²) in [6.07, 6.45) is 4.92. The van der Waals surface area contributed by atoms with Crippen molar-refractivity contribution < 1.29 is 5.11 Å². The van der Waals surface area contributed by atoms with Gasteiger partial charge in [0, 0.05) is 6.04 Å². The second-order valence-corrected chi connectivity index (χ2v) is 4.91. The minimum absolute atomic E-state index is 0.345. The zero-order valence-electron chi connectivity index (χ0n) is 11.3. The molecule has 1 atom stereocenters. The van der Waals surface area contributed by atoms with Crippen LogP contribution in [0.4, 0.5) is 0 Å². The number of aromatic hydroxyl groups is 1. The van der Waals surface area contributed by atoms with E-state index in [2.05, 4.69) is 25.8 Å². The minimum atomic E-state index is 0.345. The van der Waals surface area contributed by atoms with Crippen LogP contribution in [0, 0.1) is 0 Å². The first kappa shape index (κ1) is 14.0. The minimum Gasteiger partial charge on any atom is -0.508 e. The van der Waals surface area contributed by atoms with E-state index in [-0.39, 0.29) is 0 Å². The van der Waals surface area contributed by atoms with E-state index in [9.17, 15) is 5.11 Å². The highest BCUT2D eigenvalue weighted by molar-refractivity contribution is 5.26. The summed E-state index contributed by atoms with van der Waals surface area (Å²) in [5, 5.41) is 9.23. The van der Waals surface area contributed by atoms with Gasteiger partial charge in [-0.15, -0.1) is 0 Å². The average Bonchev–Trinajstić information content (AvgIpc) is 2.32. The molecule has 1 aromatic rings. The highest BCUT2D eigenvalue weighted by Crippen LogP contribution is 2.13. The van der Waals surface area contributed by atoms with Gasteiger partial charge in [0.05, 0.1) is 0 Å². The van der Waals surface area contributed by atoms with Crippen molar-refractivity contribution in [3.05, 3.63) is 29.8 Å². The maximum Gasteiger partial charge on any atom is 0.115 e. The fourth-order valence-electron chi connectivity index (χ4n) is 1.96. The lowest BCUT2D eigenvalue weighted by Gasteiger charge is -2.24. The Hall–Kier alpha value is -1.02. The van der Waals surface area contributed by atoms with Crippen LogP contribution in [0.1, 0.15) is 38.7 Å². The normalized spacial score (nSPS) is 12.9. The van der Waals surface area contributed by atoms with E-state index >= 15 is 0 Å². The molecular formula is C15H25NO. The average molecular weight is 235 g/mol. The third-order valence-electron chi connectivity index (χ3n) is 3.33. The summed E-state index contributed by atoms with van der Waals surface area (Å²) in [6, 6.07) is 8.09. The highest BCUT2D eigenvalue weighted by atomic mass is 16.3. The van der Waals surface area contributed by atoms with Crippen LogP contribution in [0.3, 0.4) is 0 Å². The lowest BCUT2D eigenvalue weighted by atomic mass is 10.1. The number of hydrogen-bond donors (Lipinski definition) is 1. The van der Waals surface area contributed by atoms with Gasteiger partial charge in [-0.05, 0) is 51.1 Å². The van der Waals surface area contributed by atoms with Gasteiger partial charge in [0.15, 0.2) is 0 Å². The maximum absolute atomic E-state index is 9.23. The molecular weight excluding hydrogens is 210 g/mol. The monoisotopic (exact) mass is 235 g/mol. The molecule has 96 valence electrons. The molecule has 0 aliphatic carbocycles. The molecule has 1 aromatic carbocycles. The van der Waals surface area contributed by atoms with Crippen molar-refractivity contribution in [2.75, 3.05) is 13.6 Å². The Bertz CT molecular complexity index is 307. The Balaban J connectivity index is 2.37. The predicted octanol–water partition coefficient (Wildman–Crippen LogP) is 3.45. The van der Waals surface area contributed by atoms with Crippen molar-refractivity contribution in [1.29, 1.82) is 0 Å². The van der Waals surface area contributed by atoms with Crippen molar-refractivity contribution in [2.45, 2.75) is 45.6 Å². The first-order valence-electron chi connectivity index (χ1n) is 6.61. The van der Waals surface area contributed by atoms with Crippen LogP contribution < -0.4 is 0 Å². The van der Waals surface area contributed by atoms with Crippen LogP contribution >= 0.6 is 0 Å². The summed E-state index contributed by atoms with van der Waals surface area (Å²) in [4.78, 5) is 2.42. The van der Waals surface area contributed by atoms with Crippen molar-refractivity contribution in [2.24, 2.45) is 0 Å². The largest absolute Gasteiger partial charge is 0.508 e. The molecule has 0 radical (unpaired) electrons. The molecule has 0 heterocycles. The van der Waals surface area contributed by atoms with Crippen molar-refractivity contribution in [1.82, 2.24) is 4.90 Å². The van der Waals surface area contributed by atoms with Gasteiger partial charge in [-0.25, -0.2) is 0 Å². The summed E-state index contributed by atoms with van der Waals surface area (Å²) < 4.78 is 0. The van der Waals surface area contributed by atoms with Gasteiger partial charge in [-0.1, -0.05) is 31.9 Å². The number of nitrogens with zero attached hydrogens (tertiary/aromatic N) is 1. The number of phenols is 1. The smallest absolute Gasteiger partial charge is 0.115 e. The summed E-state index contributed by atoms with van der Waals surface area (Å²) in [6.45, 7) is 5.67. The maximum atomic E-state index is 9.23. The molecule has 0 fully saturated rings. The van der Waals surface area contributed by atoms with E-state index in [1.54, 1.807) is 12.1 Å². The lowest BCUT2D eigenvalue weighted by Crippen LogP contribution is -2.31. The van der Waals surface area contributed by atoms with E-state index in [1.807, 2.05) is 12.1 Å². The van der Waals surface area contributed by atoms with E-state index in [0.29, 0.717) is 11.8 Å². The van der Waals surface area contributed by atoms with Gasteiger partial charge in [0.2, 0.25) is 0 Å². The van der Waals surface area contributed by atoms with Gasteiger partial charge >= 0.3 is 0 Å². The molecule has 0 aliphatic heterocycles. The van der Waals surface area contributed by atoms with Gasteiger partial charge in [-0.3, -0.25) is 0 Å². The van der Waals surface area contributed by atoms with E-state index in [4.69, 9.17) is 0 Å². The second-order valence-electron chi connectivity index (χ2n) is 4.91. The Morgan fingerprint density at radius 3 is 2.41 bits per heavy atom. The third-order valence-corrected chi connectivity index (χ3v) is 3.33. The molecule has 2 heteroatoms. The zero-order chi connectivity index (χ0) is 12.7. The molecule has 1 rings (SSSR count). The Morgan fingerprint density at radius 2 is 1.82 bits per heavy atom. The third kappa shape index (κ3) is 5.22. The predicted molar refractivity (Wildman–Crippen MR) is 73.4 cm³/mol. The van der Waals surface area contributed by atoms with Crippen molar-refractivity contribution >= 4 is 0 Å². The highest BCUT2D eigenvalue weighted by Gasteiger charge is 2.09. The Kier molecular flexibility index (Phi) is 6.06. The van der Waals surface area contributed by atoms with Gasteiger partial charge in [0.1, 0.15) is 5.75 Å². The molecule has 2 nitrogen and oxygen atoms in total. The molecule has 0 spiro atoms. The van der Waals surface area contributed by atoms with E-state index < -0.39 is 0 Å². The van der Waals surface area contributed by atoms with Gasteiger partial charge in [0.25, 0.3) is 0 Å². The van der Waals surface area contributed by atoms with Crippen LogP contribution in [0.25, 0.3) is 0 Å². The molecule has 0 bridgehead atoms.